The molecular weight excluding hydrogens is 358 g/mol. The van der Waals surface area contributed by atoms with E-state index >= 15 is 0 Å². The Morgan fingerprint density at radius 1 is 1.32 bits per heavy atom. The average Bonchev–Trinajstić information content (AvgIpc) is 2.78. The fourth-order valence-electron chi connectivity index (χ4n) is 4.18. The van der Waals surface area contributed by atoms with Crippen molar-refractivity contribution in [1.82, 2.24) is 9.80 Å². The van der Waals surface area contributed by atoms with Crippen LogP contribution in [0.5, 0.6) is 5.75 Å². The van der Waals surface area contributed by atoms with Gasteiger partial charge in [-0.3, -0.25) is 4.79 Å². The van der Waals surface area contributed by atoms with Crippen molar-refractivity contribution in [3.8, 4) is 5.75 Å². The summed E-state index contributed by atoms with van der Waals surface area (Å²) in [7, 11) is 1.65. The number of piperidine rings is 1. The Hall–Kier alpha value is -2.28. The summed E-state index contributed by atoms with van der Waals surface area (Å²) in [4.78, 5) is 28.4. The number of fused-ring (bicyclic) bond motifs is 1. The molecule has 0 aromatic heterocycles. The van der Waals surface area contributed by atoms with Crippen molar-refractivity contribution in [3.05, 3.63) is 23.8 Å². The number of nitrogens with zero attached hydrogens (tertiary/aromatic N) is 2. The zero-order chi connectivity index (χ0) is 20.5. The molecule has 0 saturated carbocycles. The number of hydrogen-bond acceptors (Lipinski definition) is 4. The molecular formula is C21H31N3O4. The van der Waals surface area contributed by atoms with Crippen LogP contribution in [0.25, 0.3) is 0 Å². The van der Waals surface area contributed by atoms with Crippen molar-refractivity contribution in [2.75, 3.05) is 38.6 Å². The highest BCUT2D eigenvalue weighted by Gasteiger charge is 2.35. The molecule has 1 atom stereocenters. The van der Waals surface area contributed by atoms with Gasteiger partial charge in [-0.1, -0.05) is 6.92 Å². The number of carboxylic acids is 1. The van der Waals surface area contributed by atoms with E-state index in [0.717, 1.165) is 42.9 Å². The molecule has 1 saturated heterocycles. The van der Waals surface area contributed by atoms with Crippen molar-refractivity contribution in [2.24, 2.45) is 5.41 Å². The summed E-state index contributed by atoms with van der Waals surface area (Å²) in [5, 5.41) is 12.4. The number of benzene rings is 1. The second-order valence-electron chi connectivity index (χ2n) is 8.63. The lowest BCUT2D eigenvalue weighted by molar-refractivity contribution is -0.148. The van der Waals surface area contributed by atoms with Gasteiger partial charge in [0, 0.05) is 43.8 Å². The maximum Gasteiger partial charge on any atom is 0.322 e. The third kappa shape index (κ3) is 4.24. The number of carboxylic acid groups (broad SMARTS) is 1. The molecule has 154 valence electrons. The first-order valence-corrected chi connectivity index (χ1v) is 9.92. The Morgan fingerprint density at radius 2 is 2.00 bits per heavy atom. The normalized spacial score (nSPS) is 21.6. The number of rotatable bonds is 5. The lowest BCUT2D eigenvalue weighted by Gasteiger charge is -2.40. The number of carbonyl (C=O) groups excluding carboxylic acids is 1. The van der Waals surface area contributed by atoms with Crippen molar-refractivity contribution >= 4 is 17.7 Å². The molecule has 1 fully saturated rings. The van der Waals surface area contributed by atoms with Gasteiger partial charge in [0.15, 0.2) is 0 Å². The summed E-state index contributed by atoms with van der Waals surface area (Å²) >= 11 is 0. The predicted octanol–water partition coefficient (Wildman–Crippen LogP) is 3.22. The lowest BCUT2D eigenvalue weighted by Crippen LogP contribution is -2.51. The number of hydrogen-bond donors (Lipinski definition) is 2. The number of likely N-dealkylation sites (tertiary alicyclic amines) is 1. The van der Waals surface area contributed by atoms with Gasteiger partial charge in [-0.15, -0.1) is 0 Å². The van der Waals surface area contributed by atoms with E-state index in [1.807, 2.05) is 23.1 Å². The molecule has 2 aliphatic heterocycles. The molecule has 7 heteroatoms. The molecule has 0 aliphatic carbocycles. The summed E-state index contributed by atoms with van der Waals surface area (Å²) in [5.74, 6) is 0.221. The fourth-order valence-corrected chi connectivity index (χ4v) is 4.18. The van der Waals surface area contributed by atoms with Gasteiger partial charge in [-0.05, 0) is 50.5 Å². The second kappa shape index (κ2) is 7.99. The Kier molecular flexibility index (Phi) is 5.84. The van der Waals surface area contributed by atoms with Crippen LogP contribution in [-0.2, 0) is 4.79 Å². The molecule has 2 aliphatic rings. The van der Waals surface area contributed by atoms with Crippen molar-refractivity contribution in [3.63, 3.8) is 0 Å². The smallest absolute Gasteiger partial charge is 0.322 e. The van der Waals surface area contributed by atoms with Crippen LogP contribution in [0.1, 0.15) is 45.1 Å². The second-order valence-corrected chi connectivity index (χ2v) is 8.63. The summed E-state index contributed by atoms with van der Waals surface area (Å²) in [6.07, 6.45) is 1.71. The summed E-state index contributed by atoms with van der Waals surface area (Å²) in [5.41, 5.74) is 1.18. The Morgan fingerprint density at radius 3 is 2.61 bits per heavy atom. The van der Waals surface area contributed by atoms with Crippen LogP contribution in [-0.4, -0.2) is 66.2 Å². The number of ether oxygens (including phenoxy) is 1. The van der Waals surface area contributed by atoms with E-state index in [9.17, 15) is 14.7 Å². The number of amides is 2. The zero-order valence-corrected chi connectivity index (χ0v) is 17.2. The maximum atomic E-state index is 12.9. The van der Waals surface area contributed by atoms with Gasteiger partial charge >= 0.3 is 12.0 Å². The van der Waals surface area contributed by atoms with Crippen molar-refractivity contribution < 1.29 is 19.4 Å². The highest BCUT2D eigenvalue weighted by molar-refractivity contribution is 5.91. The number of anilines is 1. The Labute approximate surface area is 166 Å². The van der Waals surface area contributed by atoms with Crippen LogP contribution in [0.15, 0.2) is 18.2 Å². The first-order valence-electron chi connectivity index (χ1n) is 9.92. The van der Waals surface area contributed by atoms with Gasteiger partial charge in [-0.25, -0.2) is 4.79 Å². The molecule has 28 heavy (non-hydrogen) atoms. The number of aliphatic carboxylic acids is 1. The van der Waals surface area contributed by atoms with Gasteiger partial charge in [-0.2, -0.15) is 0 Å². The van der Waals surface area contributed by atoms with E-state index in [-0.39, 0.29) is 18.0 Å². The molecule has 0 radical (unpaired) electrons. The van der Waals surface area contributed by atoms with Gasteiger partial charge in [0.25, 0.3) is 0 Å². The van der Waals surface area contributed by atoms with Crippen LogP contribution < -0.4 is 10.1 Å². The summed E-state index contributed by atoms with van der Waals surface area (Å²) < 4.78 is 5.33. The van der Waals surface area contributed by atoms with E-state index < -0.39 is 11.4 Å². The minimum absolute atomic E-state index is 0.0555. The van der Waals surface area contributed by atoms with Crippen LogP contribution in [0.4, 0.5) is 10.5 Å². The molecule has 2 N–H and O–H groups in total. The molecule has 1 aromatic rings. The topological polar surface area (TPSA) is 82.1 Å². The van der Waals surface area contributed by atoms with E-state index in [1.165, 1.54) is 0 Å². The number of methoxy groups -OCH3 is 1. The quantitative estimate of drug-likeness (QED) is 0.808. The minimum Gasteiger partial charge on any atom is -0.497 e. The largest absolute Gasteiger partial charge is 0.497 e. The molecule has 1 aromatic carbocycles. The maximum absolute atomic E-state index is 12.9. The van der Waals surface area contributed by atoms with Crippen LogP contribution in [0.3, 0.4) is 0 Å². The van der Waals surface area contributed by atoms with Crippen molar-refractivity contribution in [2.45, 2.75) is 45.6 Å². The molecule has 2 heterocycles. The summed E-state index contributed by atoms with van der Waals surface area (Å²) in [6, 6.07) is 5.88. The van der Waals surface area contributed by atoms with Crippen LogP contribution in [0, 0.1) is 5.41 Å². The van der Waals surface area contributed by atoms with Crippen LogP contribution in [0.2, 0.25) is 0 Å². The molecule has 2 amide bonds. The first-order chi connectivity index (χ1) is 13.2. The average molecular weight is 389 g/mol. The van der Waals surface area contributed by atoms with E-state index in [0.29, 0.717) is 13.1 Å². The van der Waals surface area contributed by atoms with E-state index in [2.05, 4.69) is 17.1 Å². The number of carbonyl (C=O) groups is 2. The monoisotopic (exact) mass is 389 g/mol. The summed E-state index contributed by atoms with van der Waals surface area (Å²) in [6.45, 7) is 8.46. The lowest BCUT2D eigenvalue weighted by atomic mass is 9.91. The first kappa shape index (κ1) is 20.5. The standard InChI is InChI=1S/C21H31N3O4/c1-14-12-24(20(27)22-18-6-5-16(28-4)11-17(14)18)15-7-9-23(10-8-15)13-21(2,3)19(25)26/h5-6,11,14-15H,7-10,12-13H2,1-4H3,(H,22,27)(H,25,26). The van der Waals surface area contributed by atoms with Gasteiger partial charge in [0.2, 0.25) is 0 Å². The number of nitrogens with one attached hydrogen (secondary N) is 1. The molecule has 3 rings (SSSR count). The Bertz CT molecular complexity index is 741. The molecule has 7 nitrogen and oxygen atoms in total. The van der Waals surface area contributed by atoms with Gasteiger partial charge in [0.05, 0.1) is 12.5 Å². The third-order valence-corrected chi connectivity index (χ3v) is 5.96. The number of urea groups is 1. The highest BCUT2D eigenvalue weighted by Crippen LogP contribution is 2.34. The predicted molar refractivity (Wildman–Crippen MR) is 108 cm³/mol. The van der Waals surface area contributed by atoms with Gasteiger partial charge < -0.3 is 25.0 Å². The third-order valence-electron chi connectivity index (χ3n) is 5.96. The van der Waals surface area contributed by atoms with Crippen LogP contribution >= 0.6 is 0 Å². The van der Waals surface area contributed by atoms with Crippen molar-refractivity contribution in [1.29, 1.82) is 0 Å². The van der Waals surface area contributed by atoms with E-state index in [4.69, 9.17) is 4.74 Å². The van der Waals surface area contributed by atoms with E-state index in [1.54, 1.807) is 21.0 Å². The Balaban J connectivity index is 1.66. The van der Waals surface area contributed by atoms with Gasteiger partial charge in [0.1, 0.15) is 5.75 Å². The minimum atomic E-state index is -0.775. The highest BCUT2D eigenvalue weighted by atomic mass is 16.5. The molecule has 1 unspecified atom stereocenters. The molecule has 0 spiro atoms. The fraction of sp³-hybridized carbons (Fsp3) is 0.619. The SMILES string of the molecule is COc1ccc2c(c1)C(C)CN(C1CCN(CC(C)(C)C(=O)O)CC1)C(=O)N2. The molecule has 0 bridgehead atoms. The zero-order valence-electron chi connectivity index (χ0n) is 17.2.